The molecule has 0 aliphatic carbocycles. The van der Waals surface area contributed by atoms with Crippen LogP contribution in [-0.2, 0) is 12.8 Å². The molecule has 5 rings (SSSR count). The number of nitrogens with zero attached hydrogens (tertiary/aromatic N) is 7. The second-order valence-corrected chi connectivity index (χ2v) is 7.97. The van der Waals surface area contributed by atoms with Gasteiger partial charge in [0.25, 0.3) is 0 Å². The quantitative estimate of drug-likeness (QED) is 0.441. The number of hydrogen-bond donors (Lipinski definition) is 1. The van der Waals surface area contributed by atoms with Crippen molar-refractivity contribution in [1.82, 2.24) is 34.3 Å². The lowest BCUT2D eigenvalue weighted by atomic mass is 10.1. The van der Waals surface area contributed by atoms with Crippen LogP contribution in [0.25, 0.3) is 28.3 Å². The number of aromatic amines is 1. The predicted octanol–water partition coefficient (Wildman–Crippen LogP) is 4.22. The van der Waals surface area contributed by atoms with Gasteiger partial charge < -0.3 is 4.98 Å². The molecule has 0 amide bonds. The van der Waals surface area contributed by atoms with Crippen molar-refractivity contribution in [3.05, 3.63) is 78.1 Å². The summed E-state index contributed by atoms with van der Waals surface area (Å²) in [5.74, 6) is 0.871. The van der Waals surface area contributed by atoms with Crippen molar-refractivity contribution in [2.24, 2.45) is 0 Å². The predicted molar refractivity (Wildman–Crippen MR) is 121 cm³/mol. The van der Waals surface area contributed by atoms with Crippen LogP contribution in [0, 0.1) is 11.3 Å². The lowest BCUT2D eigenvalue weighted by molar-refractivity contribution is 0.534. The zero-order chi connectivity index (χ0) is 22.1. The number of aryl methyl sites for hydroxylation is 2. The van der Waals surface area contributed by atoms with Crippen molar-refractivity contribution in [2.75, 3.05) is 0 Å². The molecule has 5 aromatic rings. The van der Waals surface area contributed by atoms with Gasteiger partial charge >= 0.3 is 0 Å². The van der Waals surface area contributed by atoms with Gasteiger partial charge in [0.1, 0.15) is 17.8 Å². The number of pyridine rings is 1. The Hall–Kier alpha value is -4.25. The Morgan fingerprint density at radius 3 is 2.84 bits per heavy atom. The number of benzene rings is 1. The molecule has 0 bridgehead atoms. The number of nitrogens with one attached hydrogen (secondary N) is 1. The molecule has 4 aromatic heterocycles. The summed E-state index contributed by atoms with van der Waals surface area (Å²) in [5.41, 5.74) is 6.05. The molecule has 0 fully saturated rings. The number of H-pyrrole nitrogens is 1. The van der Waals surface area contributed by atoms with Crippen molar-refractivity contribution in [3.63, 3.8) is 0 Å². The highest BCUT2D eigenvalue weighted by Crippen LogP contribution is 2.30. The Balaban J connectivity index is 1.52. The van der Waals surface area contributed by atoms with Crippen LogP contribution in [-0.4, -0.2) is 34.3 Å². The van der Waals surface area contributed by atoms with Crippen molar-refractivity contribution in [1.29, 1.82) is 5.26 Å². The molecule has 0 spiro atoms. The van der Waals surface area contributed by atoms with Gasteiger partial charge in [-0.3, -0.25) is 4.68 Å². The molecule has 0 unspecified atom stereocenters. The van der Waals surface area contributed by atoms with Gasteiger partial charge in [-0.1, -0.05) is 12.1 Å². The van der Waals surface area contributed by atoms with Gasteiger partial charge in [0, 0.05) is 30.4 Å². The Labute approximate surface area is 185 Å². The van der Waals surface area contributed by atoms with E-state index in [1.807, 2.05) is 59.5 Å². The van der Waals surface area contributed by atoms with Crippen molar-refractivity contribution < 1.29 is 0 Å². The molecule has 4 heterocycles. The first kappa shape index (κ1) is 19.7. The van der Waals surface area contributed by atoms with Crippen LogP contribution in [0.1, 0.15) is 36.8 Å². The highest BCUT2D eigenvalue weighted by Gasteiger charge is 2.18. The van der Waals surface area contributed by atoms with Crippen molar-refractivity contribution in [2.45, 2.75) is 32.7 Å². The lowest BCUT2D eigenvalue weighted by Gasteiger charge is -2.04. The topological polar surface area (TPSA) is 100 Å². The molecule has 158 valence electrons. The summed E-state index contributed by atoms with van der Waals surface area (Å²) in [6, 6.07) is 16.1. The summed E-state index contributed by atoms with van der Waals surface area (Å²) in [4.78, 5) is 12.6. The van der Waals surface area contributed by atoms with E-state index in [0.717, 1.165) is 52.5 Å². The van der Waals surface area contributed by atoms with Gasteiger partial charge in [-0.15, -0.1) is 0 Å². The summed E-state index contributed by atoms with van der Waals surface area (Å²) in [7, 11) is 0. The highest BCUT2D eigenvalue weighted by atomic mass is 15.3. The van der Waals surface area contributed by atoms with Gasteiger partial charge in [-0.25, -0.2) is 14.5 Å². The molecule has 1 N–H and O–H groups in total. The molecule has 32 heavy (non-hydrogen) atoms. The van der Waals surface area contributed by atoms with E-state index in [2.05, 4.69) is 35.0 Å². The fourth-order valence-corrected chi connectivity index (χ4v) is 3.71. The molecular weight excluding hydrogens is 400 g/mol. The first-order valence-electron chi connectivity index (χ1n) is 10.5. The molecule has 0 atom stereocenters. The summed E-state index contributed by atoms with van der Waals surface area (Å²) in [5, 5.41) is 18.2. The third-order valence-corrected chi connectivity index (χ3v) is 5.40. The fraction of sp³-hybridized carbons (Fsp3) is 0.208. The molecule has 0 aliphatic heterocycles. The maximum absolute atomic E-state index is 9.15. The van der Waals surface area contributed by atoms with Crippen LogP contribution in [0.15, 0.2) is 61.2 Å². The third kappa shape index (κ3) is 3.76. The Morgan fingerprint density at radius 2 is 2.03 bits per heavy atom. The summed E-state index contributed by atoms with van der Waals surface area (Å²) < 4.78 is 3.68. The molecular formula is C24H22N8. The summed E-state index contributed by atoms with van der Waals surface area (Å²) >= 11 is 0. The monoisotopic (exact) mass is 422 g/mol. The zero-order valence-corrected chi connectivity index (χ0v) is 17.9. The molecule has 8 heteroatoms. The smallest absolute Gasteiger partial charge is 0.155 e. The van der Waals surface area contributed by atoms with Crippen LogP contribution in [0.2, 0.25) is 0 Å². The minimum Gasteiger partial charge on any atom is -0.340 e. The van der Waals surface area contributed by atoms with Crippen molar-refractivity contribution in [3.8, 4) is 28.7 Å². The Kier molecular flexibility index (Phi) is 5.00. The number of imidazole rings is 1. The molecule has 0 saturated heterocycles. The highest BCUT2D eigenvalue weighted by molar-refractivity contribution is 5.76. The second kappa shape index (κ2) is 8.12. The average molecular weight is 422 g/mol. The zero-order valence-electron chi connectivity index (χ0n) is 17.9. The van der Waals surface area contributed by atoms with E-state index in [1.54, 1.807) is 4.52 Å². The maximum Gasteiger partial charge on any atom is 0.155 e. The van der Waals surface area contributed by atoms with E-state index in [1.165, 1.54) is 6.33 Å². The minimum absolute atomic E-state index is 0.272. The van der Waals surface area contributed by atoms with Crippen LogP contribution < -0.4 is 0 Å². The molecule has 0 aliphatic rings. The fourth-order valence-electron chi connectivity index (χ4n) is 3.71. The first-order valence-corrected chi connectivity index (χ1v) is 10.5. The van der Waals surface area contributed by atoms with E-state index in [4.69, 9.17) is 15.3 Å². The molecule has 0 radical (unpaired) electrons. The van der Waals surface area contributed by atoms with Gasteiger partial charge in [0.2, 0.25) is 0 Å². The number of aromatic nitrogens is 7. The van der Waals surface area contributed by atoms with Crippen molar-refractivity contribution >= 4 is 5.65 Å². The number of fused-ring (bicyclic) bond motifs is 1. The summed E-state index contributed by atoms with van der Waals surface area (Å²) in [6.07, 6.45) is 6.96. The normalized spacial score (nSPS) is 11.3. The number of rotatable bonds is 6. The van der Waals surface area contributed by atoms with Gasteiger partial charge in [-0.05, 0) is 56.2 Å². The van der Waals surface area contributed by atoms with Gasteiger partial charge in [-0.2, -0.15) is 15.5 Å². The van der Waals surface area contributed by atoms with E-state index in [-0.39, 0.29) is 6.04 Å². The minimum atomic E-state index is 0.272. The standard InChI is InChI=1S/C24H22N8/c1-16(2)31-11-10-20(30-31)24-23(19-7-9-22-26-15-27-32(22)14-19)28-21(29-24)8-6-17-4-3-5-18(12-17)13-25/h3-5,7,9-12,14-16H,6,8H2,1-2H3,(H,28,29). The first-order chi connectivity index (χ1) is 15.6. The van der Waals surface area contributed by atoms with Crippen LogP contribution in [0.4, 0.5) is 0 Å². The third-order valence-electron chi connectivity index (χ3n) is 5.40. The average Bonchev–Trinajstić information content (AvgIpc) is 3.56. The largest absolute Gasteiger partial charge is 0.340 e. The van der Waals surface area contributed by atoms with E-state index in [0.29, 0.717) is 5.56 Å². The van der Waals surface area contributed by atoms with E-state index >= 15 is 0 Å². The Morgan fingerprint density at radius 1 is 1.12 bits per heavy atom. The molecule has 8 nitrogen and oxygen atoms in total. The SMILES string of the molecule is CC(C)n1ccc(-c2[nH]c(CCc3cccc(C#N)c3)nc2-c2ccc3ncnn3c2)n1. The van der Waals surface area contributed by atoms with Crippen LogP contribution in [0.5, 0.6) is 0 Å². The summed E-state index contributed by atoms with van der Waals surface area (Å²) in [6.45, 7) is 4.20. The van der Waals surface area contributed by atoms with E-state index in [9.17, 15) is 0 Å². The molecule has 1 aromatic carbocycles. The van der Waals surface area contributed by atoms with Gasteiger partial charge in [0.15, 0.2) is 5.65 Å². The maximum atomic E-state index is 9.15. The second-order valence-electron chi connectivity index (χ2n) is 7.97. The number of nitriles is 1. The number of hydrogen-bond acceptors (Lipinski definition) is 5. The van der Waals surface area contributed by atoms with Gasteiger partial charge in [0.05, 0.1) is 23.0 Å². The van der Waals surface area contributed by atoms with Crippen LogP contribution >= 0.6 is 0 Å². The molecule has 0 saturated carbocycles. The lowest BCUT2D eigenvalue weighted by Crippen LogP contribution is -2.01. The Bertz CT molecular complexity index is 1430. The van der Waals surface area contributed by atoms with Crippen LogP contribution in [0.3, 0.4) is 0 Å². The van der Waals surface area contributed by atoms with E-state index < -0.39 is 0 Å².